The highest BCUT2D eigenvalue weighted by Crippen LogP contribution is 2.34. The van der Waals surface area contributed by atoms with E-state index in [0.717, 1.165) is 29.4 Å². The molecule has 2 amide bonds. The first-order valence-corrected chi connectivity index (χ1v) is 10.8. The van der Waals surface area contributed by atoms with Gasteiger partial charge in [-0.1, -0.05) is 37.7 Å². The molecule has 2 aliphatic heterocycles. The zero-order valence-corrected chi connectivity index (χ0v) is 17.1. The van der Waals surface area contributed by atoms with Crippen LogP contribution in [-0.4, -0.2) is 40.5 Å². The summed E-state index contributed by atoms with van der Waals surface area (Å²) in [6.45, 7) is 6.56. The second kappa shape index (κ2) is 7.95. The lowest BCUT2D eigenvalue weighted by atomic mass is 9.91. The summed E-state index contributed by atoms with van der Waals surface area (Å²) >= 11 is 1.48. The minimum Gasteiger partial charge on any atom is -0.338 e. The number of hydrogen-bond acceptors (Lipinski definition) is 4. The molecular weight excluding hydrogens is 370 g/mol. The van der Waals surface area contributed by atoms with Gasteiger partial charge >= 0.3 is 0 Å². The third kappa shape index (κ3) is 3.92. The Hall–Kier alpha value is -2.34. The van der Waals surface area contributed by atoms with Crippen LogP contribution in [0.25, 0.3) is 0 Å². The Morgan fingerprint density at radius 3 is 2.57 bits per heavy atom. The molecule has 1 fully saturated rings. The number of likely N-dealkylation sites (tertiary alicyclic amines) is 1. The molecule has 6 heteroatoms. The van der Waals surface area contributed by atoms with E-state index in [1.165, 1.54) is 18.2 Å². The first-order valence-electron chi connectivity index (χ1n) is 9.77. The van der Waals surface area contributed by atoms with Gasteiger partial charge in [-0.25, -0.2) is 4.98 Å². The average Bonchev–Trinajstić information content (AvgIpc) is 2.69. The maximum atomic E-state index is 12.9. The number of rotatable bonds is 3. The van der Waals surface area contributed by atoms with Gasteiger partial charge in [0.05, 0.1) is 18.0 Å². The first-order chi connectivity index (χ1) is 13.5. The van der Waals surface area contributed by atoms with E-state index in [1.807, 2.05) is 41.3 Å². The molecule has 3 heterocycles. The number of pyridine rings is 1. The fraction of sp³-hybridized carbons (Fsp3) is 0.409. The Morgan fingerprint density at radius 2 is 1.86 bits per heavy atom. The van der Waals surface area contributed by atoms with Gasteiger partial charge < -0.3 is 9.80 Å². The standard InChI is InChI=1S/C22H25N3O2S/c1-15-10-16(2)12-24(11-15)22(27)18-7-5-17(6-8-18)13-25-19-4-3-9-23-21(19)28-14-20(25)26/h3-9,15-16H,10-14H2,1-2H3/t15-,16-/m0/s1. The third-order valence-corrected chi connectivity index (χ3v) is 6.35. The summed E-state index contributed by atoms with van der Waals surface area (Å²) in [7, 11) is 0. The molecule has 2 aliphatic rings. The highest BCUT2D eigenvalue weighted by atomic mass is 32.2. The molecule has 2 atom stereocenters. The average molecular weight is 396 g/mol. The van der Waals surface area contributed by atoms with Crippen LogP contribution in [0.2, 0.25) is 0 Å². The van der Waals surface area contributed by atoms with E-state index in [-0.39, 0.29) is 11.8 Å². The number of fused-ring (bicyclic) bond motifs is 1. The number of carbonyl (C=O) groups is 2. The molecule has 0 aliphatic carbocycles. The van der Waals surface area contributed by atoms with Crippen LogP contribution in [0, 0.1) is 11.8 Å². The van der Waals surface area contributed by atoms with E-state index in [0.29, 0.717) is 29.7 Å². The van der Waals surface area contributed by atoms with Crippen molar-refractivity contribution < 1.29 is 9.59 Å². The largest absolute Gasteiger partial charge is 0.338 e. The van der Waals surface area contributed by atoms with Crippen molar-refractivity contribution >= 4 is 29.3 Å². The zero-order valence-electron chi connectivity index (χ0n) is 16.3. The molecule has 1 aromatic heterocycles. The Labute approximate surface area is 170 Å². The molecule has 0 spiro atoms. The minimum absolute atomic E-state index is 0.0851. The van der Waals surface area contributed by atoms with Gasteiger partial charge in [-0.15, -0.1) is 0 Å². The van der Waals surface area contributed by atoms with E-state index >= 15 is 0 Å². The lowest BCUT2D eigenvalue weighted by Crippen LogP contribution is -2.42. The summed E-state index contributed by atoms with van der Waals surface area (Å²) < 4.78 is 0. The lowest BCUT2D eigenvalue weighted by molar-refractivity contribution is -0.116. The Bertz CT molecular complexity index is 874. The van der Waals surface area contributed by atoms with Crippen LogP contribution < -0.4 is 4.90 Å². The van der Waals surface area contributed by atoms with Crippen molar-refractivity contribution in [1.82, 2.24) is 9.88 Å². The van der Waals surface area contributed by atoms with Crippen LogP contribution in [0.1, 0.15) is 36.2 Å². The molecule has 1 saturated heterocycles. The Morgan fingerprint density at radius 1 is 1.14 bits per heavy atom. The van der Waals surface area contributed by atoms with Crippen LogP contribution in [-0.2, 0) is 11.3 Å². The Kier molecular flexibility index (Phi) is 5.40. The predicted molar refractivity (Wildman–Crippen MR) is 111 cm³/mol. The molecule has 5 nitrogen and oxygen atoms in total. The zero-order chi connectivity index (χ0) is 19.7. The molecule has 0 unspecified atom stereocenters. The molecule has 0 saturated carbocycles. The van der Waals surface area contributed by atoms with Gasteiger partial charge in [0.1, 0.15) is 5.03 Å². The maximum Gasteiger partial charge on any atom is 0.253 e. The molecule has 0 radical (unpaired) electrons. The number of nitrogens with zero attached hydrogens (tertiary/aromatic N) is 3. The number of amides is 2. The van der Waals surface area contributed by atoms with E-state index in [9.17, 15) is 9.59 Å². The summed E-state index contributed by atoms with van der Waals surface area (Å²) in [6.07, 6.45) is 2.93. The van der Waals surface area contributed by atoms with Crippen molar-refractivity contribution in [3.63, 3.8) is 0 Å². The number of hydrogen-bond donors (Lipinski definition) is 0. The monoisotopic (exact) mass is 395 g/mol. The first kappa shape index (κ1) is 19.0. The fourth-order valence-electron chi connectivity index (χ4n) is 4.16. The number of aromatic nitrogens is 1. The second-order valence-corrected chi connectivity index (χ2v) is 8.91. The van der Waals surface area contributed by atoms with Crippen molar-refractivity contribution in [1.29, 1.82) is 0 Å². The van der Waals surface area contributed by atoms with Gasteiger partial charge in [0.2, 0.25) is 5.91 Å². The van der Waals surface area contributed by atoms with Crippen LogP contribution in [0.3, 0.4) is 0 Å². The van der Waals surface area contributed by atoms with Crippen molar-refractivity contribution in [2.24, 2.45) is 11.8 Å². The quantitative estimate of drug-likeness (QED) is 0.792. The van der Waals surface area contributed by atoms with Crippen LogP contribution in [0.5, 0.6) is 0 Å². The molecule has 146 valence electrons. The summed E-state index contributed by atoms with van der Waals surface area (Å²) in [5.41, 5.74) is 2.58. The van der Waals surface area contributed by atoms with Gasteiger partial charge in [0.25, 0.3) is 5.91 Å². The number of piperidine rings is 1. The molecule has 0 bridgehead atoms. The second-order valence-electron chi connectivity index (χ2n) is 7.95. The molecule has 2 aromatic rings. The van der Waals surface area contributed by atoms with E-state index in [2.05, 4.69) is 18.8 Å². The summed E-state index contributed by atoms with van der Waals surface area (Å²) in [5.74, 6) is 1.69. The van der Waals surface area contributed by atoms with Gasteiger partial charge in [-0.2, -0.15) is 0 Å². The van der Waals surface area contributed by atoms with E-state index in [1.54, 1.807) is 11.1 Å². The number of carbonyl (C=O) groups excluding carboxylic acids is 2. The minimum atomic E-state index is 0.0851. The van der Waals surface area contributed by atoms with Crippen molar-refractivity contribution in [3.8, 4) is 0 Å². The van der Waals surface area contributed by atoms with Crippen molar-refractivity contribution in [2.45, 2.75) is 31.8 Å². The molecule has 0 N–H and O–H groups in total. The van der Waals surface area contributed by atoms with Crippen molar-refractivity contribution in [2.75, 3.05) is 23.7 Å². The topological polar surface area (TPSA) is 53.5 Å². The highest BCUT2D eigenvalue weighted by molar-refractivity contribution is 8.00. The van der Waals surface area contributed by atoms with Gasteiger partial charge in [0, 0.05) is 24.8 Å². The summed E-state index contributed by atoms with van der Waals surface area (Å²) in [5, 5.41) is 0.891. The van der Waals surface area contributed by atoms with Crippen LogP contribution >= 0.6 is 11.8 Å². The van der Waals surface area contributed by atoms with Crippen LogP contribution in [0.15, 0.2) is 47.6 Å². The van der Waals surface area contributed by atoms with E-state index < -0.39 is 0 Å². The maximum absolute atomic E-state index is 12.9. The van der Waals surface area contributed by atoms with Gasteiger partial charge in [-0.3, -0.25) is 9.59 Å². The molecule has 28 heavy (non-hydrogen) atoms. The number of anilines is 1. The van der Waals surface area contributed by atoms with Crippen molar-refractivity contribution in [3.05, 3.63) is 53.7 Å². The smallest absolute Gasteiger partial charge is 0.253 e. The number of benzene rings is 1. The summed E-state index contributed by atoms with van der Waals surface area (Å²) in [6, 6.07) is 11.5. The molecular formula is C22H25N3O2S. The molecule has 4 rings (SSSR count). The summed E-state index contributed by atoms with van der Waals surface area (Å²) in [4.78, 5) is 33.4. The Balaban J connectivity index is 1.48. The number of thioether (sulfide) groups is 1. The molecule has 1 aromatic carbocycles. The van der Waals surface area contributed by atoms with E-state index in [4.69, 9.17) is 0 Å². The predicted octanol–water partition coefficient (Wildman–Crippen LogP) is 3.84. The van der Waals surface area contributed by atoms with Gasteiger partial charge in [0.15, 0.2) is 0 Å². The fourth-order valence-corrected chi connectivity index (χ4v) is 5.04. The van der Waals surface area contributed by atoms with Gasteiger partial charge in [-0.05, 0) is 48.1 Å². The SMILES string of the molecule is C[C@H]1C[C@H](C)CN(C(=O)c2ccc(CN3C(=O)CSc4ncccc43)cc2)C1. The highest BCUT2D eigenvalue weighted by Gasteiger charge is 2.27. The normalized spacial score (nSPS) is 22.1. The lowest BCUT2D eigenvalue weighted by Gasteiger charge is -2.35. The van der Waals surface area contributed by atoms with Crippen LogP contribution in [0.4, 0.5) is 5.69 Å². The third-order valence-electron chi connectivity index (χ3n) is 5.37.